The lowest BCUT2D eigenvalue weighted by molar-refractivity contribution is -0.120. The summed E-state index contributed by atoms with van der Waals surface area (Å²) in [6.45, 7) is 3.75. The third kappa shape index (κ3) is 5.47. The lowest BCUT2D eigenvalue weighted by Gasteiger charge is -2.17. The normalized spacial score (nSPS) is 13.8. The molecule has 0 spiro atoms. The molecule has 2 atom stereocenters. The summed E-state index contributed by atoms with van der Waals surface area (Å²) in [5.41, 5.74) is 1.58. The molecule has 0 aliphatic carbocycles. The molecule has 2 aromatic carbocycles. The molecule has 0 saturated carbocycles. The lowest BCUT2D eigenvalue weighted by Crippen LogP contribution is -2.39. The maximum Gasteiger partial charge on any atom is 0.238 e. The van der Waals surface area contributed by atoms with Gasteiger partial charge in [0.05, 0.1) is 15.8 Å². The highest BCUT2D eigenvalue weighted by Crippen LogP contribution is 2.24. The molecule has 0 radical (unpaired) electrons. The number of nitrogens with one attached hydrogen (secondary N) is 1. The number of carbonyl (C=O) groups excluding carboxylic acids is 1. The lowest BCUT2D eigenvalue weighted by atomic mass is 10.0. The summed E-state index contributed by atoms with van der Waals surface area (Å²) in [5, 5.41) is 2.22. The van der Waals surface area contributed by atoms with Gasteiger partial charge in [-0.15, -0.1) is 0 Å². The molecule has 2 rings (SSSR count). The molecular weight excluding hydrogens is 393 g/mol. The summed E-state index contributed by atoms with van der Waals surface area (Å²) in [7, 11) is -3.67. The summed E-state index contributed by atoms with van der Waals surface area (Å²) in [6, 6.07) is 14.4. The quantitative estimate of drug-likeness (QED) is 0.738. The van der Waals surface area contributed by atoms with E-state index in [0.29, 0.717) is 17.1 Å². The van der Waals surface area contributed by atoms with E-state index in [4.69, 9.17) is 23.2 Å². The van der Waals surface area contributed by atoms with E-state index in [1.807, 2.05) is 37.3 Å². The number of benzene rings is 2. The molecule has 26 heavy (non-hydrogen) atoms. The average Bonchev–Trinajstić information content (AvgIpc) is 2.62. The highest BCUT2D eigenvalue weighted by molar-refractivity contribution is 7.92. The largest absolute Gasteiger partial charge is 0.354 e. The monoisotopic (exact) mass is 413 g/mol. The zero-order chi connectivity index (χ0) is 19.3. The first-order chi connectivity index (χ1) is 12.2. The van der Waals surface area contributed by atoms with Crippen LogP contribution in [0.15, 0.2) is 48.5 Å². The number of amides is 1. The van der Waals surface area contributed by atoms with Gasteiger partial charge in [-0.25, -0.2) is 8.42 Å². The van der Waals surface area contributed by atoms with Crippen LogP contribution in [0.2, 0.25) is 10.0 Å². The summed E-state index contributed by atoms with van der Waals surface area (Å²) >= 11 is 11.8. The van der Waals surface area contributed by atoms with Crippen molar-refractivity contribution >= 4 is 38.9 Å². The minimum Gasteiger partial charge on any atom is -0.354 e. The van der Waals surface area contributed by atoms with Gasteiger partial charge in [0, 0.05) is 6.54 Å². The standard InChI is InChI=1S/C19H21Cl2NO3S/c1-13(16-6-4-3-5-7-16)11-22-19(23)14(2)26(24,25)12-15-8-9-17(20)18(21)10-15/h3-10,13-14H,11-12H2,1-2H3,(H,22,23)/t13-,14+/m0/s1. The summed E-state index contributed by atoms with van der Waals surface area (Å²) in [4.78, 5) is 12.3. The van der Waals surface area contributed by atoms with Gasteiger partial charge in [0.15, 0.2) is 9.84 Å². The van der Waals surface area contributed by atoms with Gasteiger partial charge in [0.1, 0.15) is 5.25 Å². The van der Waals surface area contributed by atoms with Crippen LogP contribution >= 0.6 is 23.2 Å². The van der Waals surface area contributed by atoms with Crippen molar-refractivity contribution in [3.8, 4) is 0 Å². The minimum atomic E-state index is -3.67. The van der Waals surface area contributed by atoms with Crippen LogP contribution in [0.3, 0.4) is 0 Å². The van der Waals surface area contributed by atoms with Crippen molar-refractivity contribution in [3.63, 3.8) is 0 Å². The molecule has 4 nitrogen and oxygen atoms in total. The second kappa shape index (κ2) is 8.89. The smallest absolute Gasteiger partial charge is 0.238 e. The first kappa shape index (κ1) is 20.7. The fraction of sp³-hybridized carbons (Fsp3) is 0.316. The second-order valence-electron chi connectivity index (χ2n) is 6.25. The van der Waals surface area contributed by atoms with Gasteiger partial charge in [0.2, 0.25) is 5.91 Å². The van der Waals surface area contributed by atoms with Gasteiger partial charge < -0.3 is 5.32 Å². The predicted octanol–water partition coefficient (Wildman–Crippen LogP) is 4.22. The van der Waals surface area contributed by atoms with Crippen LogP contribution in [0.5, 0.6) is 0 Å². The molecule has 0 unspecified atom stereocenters. The maximum absolute atomic E-state index is 12.5. The number of hydrogen-bond acceptors (Lipinski definition) is 3. The van der Waals surface area contributed by atoms with Crippen molar-refractivity contribution in [2.75, 3.05) is 6.54 Å². The van der Waals surface area contributed by atoms with Crippen molar-refractivity contribution < 1.29 is 13.2 Å². The van der Waals surface area contributed by atoms with E-state index in [2.05, 4.69) is 5.32 Å². The minimum absolute atomic E-state index is 0.0881. The van der Waals surface area contributed by atoms with Crippen molar-refractivity contribution in [2.45, 2.75) is 30.8 Å². The van der Waals surface area contributed by atoms with E-state index in [1.54, 1.807) is 12.1 Å². The Bertz CT molecular complexity index is 870. The van der Waals surface area contributed by atoms with E-state index in [-0.39, 0.29) is 16.7 Å². The highest BCUT2D eigenvalue weighted by Gasteiger charge is 2.28. The van der Waals surface area contributed by atoms with E-state index in [1.165, 1.54) is 13.0 Å². The fourth-order valence-electron chi connectivity index (χ4n) is 2.45. The fourth-order valence-corrected chi connectivity index (χ4v) is 4.07. The Kier molecular flexibility index (Phi) is 7.09. The van der Waals surface area contributed by atoms with Gasteiger partial charge in [-0.05, 0) is 36.1 Å². The van der Waals surface area contributed by atoms with E-state index < -0.39 is 21.0 Å². The van der Waals surface area contributed by atoms with Gasteiger partial charge in [-0.2, -0.15) is 0 Å². The molecule has 1 N–H and O–H groups in total. The molecular formula is C19H21Cl2NO3S. The Morgan fingerprint density at radius 3 is 2.31 bits per heavy atom. The highest BCUT2D eigenvalue weighted by atomic mass is 35.5. The van der Waals surface area contributed by atoms with Crippen LogP contribution in [-0.2, 0) is 20.4 Å². The molecule has 0 heterocycles. The molecule has 2 aromatic rings. The zero-order valence-corrected chi connectivity index (χ0v) is 16.9. The number of rotatable bonds is 7. The summed E-state index contributed by atoms with van der Waals surface area (Å²) in [5.74, 6) is -0.690. The molecule has 7 heteroatoms. The number of hydrogen-bond donors (Lipinski definition) is 1. The van der Waals surface area contributed by atoms with Crippen molar-refractivity contribution in [1.82, 2.24) is 5.32 Å². The van der Waals surface area contributed by atoms with Gasteiger partial charge in [-0.3, -0.25) is 4.79 Å². The molecule has 1 amide bonds. The van der Waals surface area contributed by atoms with E-state index >= 15 is 0 Å². The van der Waals surface area contributed by atoms with Crippen LogP contribution in [0.1, 0.15) is 30.9 Å². The van der Waals surface area contributed by atoms with Crippen LogP contribution in [0.25, 0.3) is 0 Å². The third-order valence-electron chi connectivity index (χ3n) is 4.21. The van der Waals surface area contributed by atoms with Gasteiger partial charge >= 0.3 is 0 Å². The topological polar surface area (TPSA) is 63.2 Å². The Morgan fingerprint density at radius 2 is 1.69 bits per heavy atom. The molecule has 0 aliphatic rings. The van der Waals surface area contributed by atoms with Crippen molar-refractivity contribution in [1.29, 1.82) is 0 Å². The van der Waals surface area contributed by atoms with Crippen molar-refractivity contribution in [3.05, 3.63) is 69.7 Å². The Morgan fingerprint density at radius 1 is 1.04 bits per heavy atom. The Balaban J connectivity index is 1.98. The van der Waals surface area contributed by atoms with Crippen molar-refractivity contribution in [2.24, 2.45) is 0 Å². The first-order valence-corrected chi connectivity index (χ1v) is 10.7. The maximum atomic E-state index is 12.5. The molecule has 0 aliphatic heterocycles. The van der Waals surface area contributed by atoms with Gasteiger partial charge in [0.25, 0.3) is 0 Å². The molecule has 0 saturated heterocycles. The summed E-state index contributed by atoms with van der Waals surface area (Å²) in [6.07, 6.45) is 0. The average molecular weight is 414 g/mol. The van der Waals surface area contributed by atoms with Crippen LogP contribution in [0.4, 0.5) is 0 Å². The second-order valence-corrected chi connectivity index (χ2v) is 9.39. The van der Waals surface area contributed by atoms with Crippen LogP contribution < -0.4 is 5.32 Å². The van der Waals surface area contributed by atoms with Crippen LogP contribution in [0, 0.1) is 0 Å². The first-order valence-electron chi connectivity index (χ1n) is 8.19. The zero-order valence-electron chi connectivity index (χ0n) is 14.6. The number of sulfone groups is 1. The molecule has 0 bridgehead atoms. The Labute approximate surface area is 164 Å². The van der Waals surface area contributed by atoms with Crippen LogP contribution in [-0.4, -0.2) is 26.1 Å². The summed E-state index contributed by atoms with van der Waals surface area (Å²) < 4.78 is 25.0. The third-order valence-corrected chi connectivity index (χ3v) is 6.98. The van der Waals surface area contributed by atoms with E-state index in [9.17, 15) is 13.2 Å². The van der Waals surface area contributed by atoms with E-state index in [0.717, 1.165) is 5.56 Å². The number of halogens is 2. The SMILES string of the molecule is C[C@H](C(=O)NC[C@H](C)c1ccccc1)S(=O)(=O)Cc1ccc(Cl)c(Cl)c1. The number of carbonyl (C=O) groups is 1. The Hall–Kier alpha value is -1.56. The molecule has 0 aromatic heterocycles. The predicted molar refractivity (Wildman–Crippen MR) is 106 cm³/mol. The molecule has 0 fully saturated rings. The molecule has 140 valence electrons. The van der Waals surface area contributed by atoms with Gasteiger partial charge in [-0.1, -0.05) is 66.5 Å².